The molecule has 0 fully saturated rings. The highest BCUT2D eigenvalue weighted by Gasteiger charge is 2.11. The van der Waals surface area contributed by atoms with Crippen molar-refractivity contribution >= 4 is 23.2 Å². The van der Waals surface area contributed by atoms with Crippen LogP contribution in [-0.2, 0) is 9.53 Å². The van der Waals surface area contributed by atoms with E-state index < -0.39 is 0 Å². The summed E-state index contributed by atoms with van der Waals surface area (Å²) in [5, 5.41) is 2.69. The molecule has 0 saturated heterocycles. The van der Waals surface area contributed by atoms with E-state index in [9.17, 15) is 9.59 Å². The van der Waals surface area contributed by atoms with Gasteiger partial charge in [0.05, 0.1) is 19.1 Å². The molecule has 1 amide bonds. The number of aryl methyl sites for hydroxylation is 2. The molecule has 1 aromatic rings. The number of hydrogen-bond donors (Lipinski definition) is 1. The fourth-order valence-electron chi connectivity index (χ4n) is 1.33. The maximum absolute atomic E-state index is 11.7. The molecule has 0 unspecified atom stereocenters. The van der Waals surface area contributed by atoms with E-state index in [2.05, 4.69) is 10.1 Å². The van der Waals surface area contributed by atoms with Gasteiger partial charge >= 0.3 is 5.97 Å². The maximum atomic E-state index is 11.7. The largest absolute Gasteiger partial charge is 0.469 e. The maximum Gasteiger partial charge on any atom is 0.307 e. The van der Waals surface area contributed by atoms with Crippen LogP contribution in [0.1, 0.15) is 26.5 Å². The Morgan fingerprint density at radius 3 is 2.62 bits per heavy atom. The Labute approximate surface area is 98.6 Å². The zero-order valence-corrected chi connectivity index (χ0v) is 10.4. The number of carbonyl (C=O) groups excluding carboxylic acids is 2. The van der Waals surface area contributed by atoms with Crippen LogP contribution in [0.15, 0.2) is 6.07 Å². The topological polar surface area (TPSA) is 55.4 Å². The normalized spacial score (nSPS) is 9.94. The third-order valence-electron chi connectivity index (χ3n) is 2.13. The smallest absolute Gasteiger partial charge is 0.307 e. The van der Waals surface area contributed by atoms with Gasteiger partial charge in [-0.05, 0) is 19.9 Å². The highest BCUT2D eigenvalue weighted by Crippen LogP contribution is 2.20. The molecule has 1 aromatic heterocycles. The Hall–Kier alpha value is -1.36. The van der Waals surface area contributed by atoms with Gasteiger partial charge in [-0.2, -0.15) is 0 Å². The molecule has 1 N–H and O–H groups in total. The third kappa shape index (κ3) is 3.34. The molecule has 1 rings (SSSR count). The number of methoxy groups -OCH3 is 1. The van der Waals surface area contributed by atoms with Crippen molar-refractivity contribution in [2.45, 2.75) is 20.3 Å². The van der Waals surface area contributed by atoms with E-state index in [0.29, 0.717) is 12.1 Å². The molecule has 0 aliphatic carbocycles. The van der Waals surface area contributed by atoms with Crippen LogP contribution in [0, 0.1) is 13.8 Å². The van der Waals surface area contributed by atoms with Crippen molar-refractivity contribution in [3.8, 4) is 0 Å². The fourth-order valence-corrected chi connectivity index (χ4v) is 2.25. The lowest BCUT2D eigenvalue weighted by atomic mass is 10.2. The number of rotatable bonds is 4. The molecule has 1 heterocycles. The van der Waals surface area contributed by atoms with Crippen molar-refractivity contribution in [2.24, 2.45) is 0 Å². The van der Waals surface area contributed by atoms with Gasteiger partial charge in [0.1, 0.15) is 0 Å². The fraction of sp³-hybridized carbons (Fsp3) is 0.455. The summed E-state index contributed by atoms with van der Waals surface area (Å²) in [4.78, 5) is 24.6. The quantitative estimate of drug-likeness (QED) is 0.816. The highest BCUT2D eigenvalue weighted by molar-refractivity contribution is 7.12. The highest BCUT2D eigenvalue weighted by atomic mass is 32.1. The van der Waals surface area contributed by atoms with Gasteiger partial charge in [-0.25, -0.2) is 0 Å². The van der Waals surface area contributed by atoms with Crippen LogP contribution in [0.2, 0.25) is 0 Å². The molecule has 0 bridgehead atoms. The van der Waals surface area contributed by atoms with Crippen molar-refractivity contribution in [3.63, 3.8) is 0 Å². The molecule has 16 heavy (non-hydrogen) atoms. The first kappa shape index (κ1) is 12.7. The number of ether oxygens (including phenoxy) is 1. The second-order valence-corrected chi connectivity index (χ2v) is 4.87. The van der Waals surface area contributed by atoms with E-state index in [1.165, 1.54) is 7.11 Å². The lowest BCUT2D eigenvalue weighted by Crippen LogP contribution is -2.26. The average molecular weight is 241 g/mol. The number of carbonyl (C=O) groups is 2. The molecule has 0 atom stereocenters. The van der Waals surface area contributed by atoms with E-state index in [1.807, 2.05) is 19.9 Å². The second kappa shape index (κ2) is 5.65. The Bertz CT molecular complexity index is 398. The molecular weight excluding hydrogens is 226 g/mol. The summed E-state index contributed by atoms with van der Waals surface area (Å²) in [7, 11) is 1.33. The number of thiophene rings is 1. The number of hydrogen-bond acceptors (Lipinski definition) is 4. The summed E-state index contributed by atoms with van der Waals surface area (Å²) in [5.41, 5.74) is 0.687. The van der Waals surface area contributed by atoms with Gasteiger partial charge < -0.3 is 10.1 Å². The molecule has 0 spiro atoms. The Morgan fingerprint density at radius 2 is 2.12 bits per heavy atom. The van der Waals surface area contributed by atoms with E-state index in [1.54, 1.807) is 11.3 Å². The van der Waals surface area contributed by atoms with Gasteiger partial charge in [-0.3, -0.25) is 9.59 Å². The van der Waals surface area contributed by atoms with Gasteiger partial charge in [0, 0.05) is 16.3 Å². The van der Waals surface area contributed by atoms with E-state index in [0.717, 1.165) is 9.75 Å². The molecule has 0 saturated carbocycles. The van der Waals surface area contributed by atoms with Gasteiger partial charge in [-0.1, -0.05) is 0 Å². The Morgan fingerprint density at radius 1 is 1.44 bits per heavy atom. The van der Waals surface area contributed by atoms with Crippen LogP contribution in [0.4, 0.5) is 0 Å². The summed E-state index contributed by atoms with van der Waals surface area (Å²) in [6.45, 7) is 4.18. The molecule has 5 heteroatoms. The van der Waals surface area contributed by atoms with Crippen LogP contribution in [0.5, 0.6) is 0 Å². The number of nitrogens with one attached hydrogen (secondary N) is 1. The molecule has 0 aromatic carbocycles. The monoisotopic (exact) mass is 241 g/mol. The van der Waals surface area contributed by atoms with Crippen molar-refractivity contribution in [2.75, 3.05) is 13.7 Å². The van der Waals surface area contributed by atoms with Crippen molar-refractivity contribution < 1.29 is 14.3 Å². The minimum Gasteiger partial charge on any atom is -0.469 e. The first-order chi connectivity index (χ1) is 7.54. The summed E-state index contributed by atoms with van der Waals surface area (Å²) >= 11 is 1.59. The van der Waals surface area contributed by atoms with Crippen LogP contribution >= 0.6 is 11.3 Å². The molecule has 0 aliphatic heterocycles. The summed E-state index contributed by atoms with van der Waals surface area (Å²) < 4.78 is 4.48. The van der Waals surface area contributed by atoms with Crippen molar-refractivity contribution in [1.29, 1.82) is 0 Å². The Kier molecular flexibility index (Phi) is 4.49. The zero-order chi connectivity index (χ0) is 12.1. The summed E-state index contributed by atoms with van der Waals surface area (Å²) in [6.07, 6.45) is 0.199. The van der Waals surface area contributed by atoms with Crippen molar-refractivity contribution in [1.82, 2.24) is 5.32 Å². The predicted molar refractivity (Wildman–Crippen MR) is 62.8 cm³/mol. The van der Waals surface area contributed by atoms with Gasteiger partial charge in [0.25, 0.3) is 5.91 Å². The van der Waals surface area contributed by atoms with Crippen LogP contribution in [0.3, 0.4) is 0 Å². The predicted octanol–water partition coefficient (Wildman–Crippen LogP) is 1.66. The van der Waals surface area contributed by atoms with Crippen LogP contribution in [0.25, 0.3) is 0 Å². The minimum atomic E-state index is -0.321. The van der Waals surface area contributed by atoms with E-state index in [-0.39, 0.29) is 18.3 Å². The molecule has 4 nitrogen and oxygen atoms in total. The average Bonchev–Trinajstić information content (AvgIpc) is 2.57. The number of amides is 1. The Balaban J connectivity index is 2.47. The molecule has 0 radical (unpaired) electrons. The summed E-state index contributed by atoms with van der Waals surface area (Å²) in [6, 6.07) is 1.85. The third-order valence-corrected chi connectivity index (χ3v) is 3.09. The lowest BCUT2D eigenvalue weighted by molar-refractivity contribution is -0.140. The standard InChI is InChI=1S/C11H15NO3S/c1-7-6-9(8(2)16-7)11(14)12-5-4-10(13)15-3/h6H,4-5H2,1-3H3,(H,12,14). The molecular formula is C11H15NO3S. The first-order valence-electron chi connectivity index (χ1n) is 4.96. The van der Waals surface area contributed by atoms with E-state index >= 15 is 0 Å². The van der Waals surface area contributed by atoms with E-state index in [4.69, 9.17) is 0 Å². The summed E-state index contributed by atoms with van der Waals surface area (Å²) in [5.74, 6) is -0.454. The second-order valence-electron chi connectivity index (χ2n) is 3.41. The van der Waals surface area contributed by atoms with Gasteiger partial charge in [0.15, 0.2) is 0 Å². The van der Waals surface area contributed by atoms with Crippen LogP contribution in [-0.4, -0.2) is 25.5 Å². The molecule has 0 aliphatic rings. The first-order valence-corrected chi connectivity index (χ1v) is 5.78. The molecule has 88 valence electrons. The van der Waals surface area contributed by atoms with Crippen LogP contribution < -0.4 is 5.32 Å². The minimum absolute atomic E-state index is 0.134. The lowest BCUT2D eigenvalue weighted by Gasteiger charge is -2.03. The van der Waals surface area contributed by atoms with Gasteiger partial charge in [0.2, 0.25) is 0 Å². The SMILES string of the molecule is COC(=O)CCNC(=O)c1cc(C)sc1C. The van der Waals surface area contributed by atoms with Crippen molar-refractivity contribution in [3.05, 3.63) is 21.4 Å². The zero-order valence-electron chi connectivity index (χ0n) is 9.62. The number of esters is 1. The van der Waals surface area contributed by atoms with Gasteiger partial charge in [-0.15, -0.1) is 11.3 Å².